The van der Waals surface area contributed by atoms with Gasteiger partial charge in [0, 0.05) is 0 Å². The maximum Gasteiger partial charge on any atom is 0.198 e. The third kappa shape index (κ3) is 1.46. The average Bonchev–Trinajstić information content (AvgIpc) is 2.35. The van der Waals surface area contributed by atoms with Gasteiger partial charge in [0.1, 0.15) is 5.02 Å². The van der Waals surface area contributed by atoms with E-state index in [2.05, 4.69) is 0 Å². The van der Waals surface area contributed by atoms with E-state index in [1.54, 1.807) is 0 Å². The average molecular weight is 289 g/mol. The fraction of sp³-hybridized carbons (Fsp3) is 0. The predicted octanol–water partition coefficient (Wildman–Crippen LogP) is 4.47. The molecule has 8 heteroatoms. The molecule has 0 radical (unpaired) electrons. The van der Waals surface area contributed by atoms with E-state index < -0.39 is 56.5 Å². The van der Waals surface area contributed by atoms with Crippen LogP contribution in [-0.4, -0.2) is 0 Å². The molecule has 0 atom stereocenters. The third-order valence-corrected chi connectivity index (χ3v) is 2.62. The lowest BCUT2D eigenvalue weighted by Crippen LogP contribution is -2.04. The molecule has 0 aliphatic carbocycles. The lowest BCUT2D eigenvalue weighted by Gasteiger charge is -2.09. The van der Waals surface area contributed by atoms with E-state index >= 15 is 0 Å². The summed E-state index contributed by atoms with van der Waals surface area (Å²) in [6.45, 7) is 0. The standard InChI is InChI=1S/C10ClF7/c11-3-4(12)1-2(5(13)8(3)16)7(15)10(18)9(17)6(1)14. The second-order valence-electron chi connectivity index (χ2n) is 3.26. The molecule has 0 amide bonds. The fourth-order valence-corrected chi connectivity index (χ4v) is 1.63. The number of rotatable bonds is 0. The van der Waals surface area contributed by atoms with Crippen LogP contribution in [0.2, 0.25) is 5.02 Å². The molecule has 0 fully saturated rings. The van der Waals surface area contributed by atoms with E-state index in [9.17, 15) is 30.7 Å². The molecule has 0 aliphatic heterocycles. The minimum absolute atomic E-state index is 1.48. The summed E-state index contributed by atoms with van der Waals surface area (Å²) >= 11 is 4.98. The van der Waals surface area contributed by atoms with Gasteiger partial charge >= 0.3 is 0 Å². The molecule has 0 spiro atoms. The van der Waals surface area contributed by atoms with Crippen molar-refractivity contribution >= 4 is 22.4 Å². The summed E-state index contributed by atoms with van der Waals surface area (Å²) in [6.07, 6.45) is 0. The molecule has 2 aromatic carbocycles. The highest BCUT2D eigenvalue weighted by Crippen LogP contribution is 2.35. The molecule has 18 heavy (non-hydrogen) atoms. The Hall–Kier alpha value is -1.50. The highest BCUT2D eigenvalue weighted by atomic mass is 35.5. The first-order valence-corrected chi connectivity index (χ1v) is 4.64. The van der Waals surface area contributed by atoms with Gasteiger partial charge in [-0.15, -0.1) is 0 Å². The first-order valence-electron chi connectivity index (χ1n) is 4.26. The monoisotopic (exact) mass is 288 g/mol. The summed E-state index contributed by atoms with van der Waals surface area (Å²) in [4.78, 5) is 0. The SMILES string of the molecule is Fc1c(F)c(F)c2c(F)c(Cl)c(F)c(F)c2c1F. The van der Waals surface area contributed by atoms with Crippen molar-refractivity contribution < 1.29 is 30.7 Å². The molecule has 0 unspecified atom stereocenters. The summed E-state index contributed by atoms with van der Waals surface area (Å²) in [6, 6.07) is 0. The van der Waals surface area contributed by atoms with Gasteiger partial charge in [0.15, 0.2) is 40.7 Å². The van der Waals surface area contributed by atoms with Gasteiger partial charge in [-0.2, -0.15) is 0 Å². The van der Waals surface area contributed by atoms with Crippen molar-refractivity contribution in [3.8, 4) is 0 Å². The van der Waals surface area contributed by atoms with Crippen molar-refractivity contribution in [3.63, 3.8) is 0 Å². The molecule has 0 aromatic heterocycles. The Morgan fingerprint density at radius 2 is 0.778 bits per heavy atom. The van der Waals surface area contributed by atoms with Gasteiger partial charge in [0.25, 0.3) is 0 Å². The lowest BCUT2D eigenvalue weighted by atomic mass is 10.1. The maximum atomic E-state index is 13.4. The zero-order valence-electron chi connectivity index (χ0n) is 8.02. The van der Waals surface area contributed by atoms with Gasteiger partial charge < -0.3 is 0 Å². The Balaban J connectivity index is 3.22. The Labute approximate surface area is 99.6 Å². The number of hydrogen-bond acceptors (Lipinski definition) is 0. The number of fused-ring (bicyclic) bond motifs is 1. The highest BCUT2D eigenvalue weighted by molar-refractivity contribution is 6.31. The van der Waals surface area contributed by atoms with E-state index in [1.165, 1.54) is 0 Å². The zero-order chi connectivity index (χ0) is 13.8. The van der Waals surface area contributed by atoms with Crippen LogP contribution < -0.4 is 0 Å². The first-order chi connectivity index (χ1) is 8.29. The highest BCUT2D eigenvalue weighted by Gasteiger charge is 2.29. The van der Waals surface area contributed by atoms with Crippen LogP contribution in [0.5, 0.6) is 0 Å². The molecule has 0 heterocycles. The van der Waals surface area contributed by atoms with Gasteiger partial charge in [-0.1, -0.05) is 11.6 Å². The van der Waals surface area contributed by atoms with Crippen LogP contribution in [0.3, 0.4) is 0 Å². The van der Waals surface area contributed by atoms with Crippen LogP contribution in [0, 0.1) is 40.7 Å². The van der Waals surface area contributed by atoms with E-state index in [-0.39, 0.29) is 0 Å². The Kier molecular flexibility index (Phi) is 2.89. The molecule has 0 nitrogen and oxygen atoms in total. The van der Waals surface area contributed by atoms with Crippen molar-refractivity contribution in [1.82, 2.24) is 0 Å². The van der Waals surface area contributed by atoms with Gasteiger partial charge in [0.2, 0.25) is 0 Å². The maximum absolute atomic E-state index is 13.4. The number of halogens is 8. The van der Waals surface area contributed by atoms with Crippen molar-refractivity contribution in [3.05, 3.63) is 45.7 Å². The van der Waals surface area contributed by atoms with Crippen LogP contribution in [0.25, 0.3) is 10.8 Å². The van der Waals surface area contributed by atoms with E-state index in [0.717, 1.165) is 0 Å². The third-order valence-electron chi connectivity index (χ3n) is 2.28. The van der Waals surface area contributed by atoms with Crippen molar-refractivity contribution in [2.45, 2.75) is 0 Å². The summed E-state index contributed by atoms with van der Waals surface area (Å²) in [5.74, 6) is -15.2. The molecule has 2 aromatic rings. The molecule has 0 saturated carbocycles. The lowest BCUT2D eigenvalue weighted by molar-refractivity contribution is 0.412. The smallest absolute Gasteiger partial charge is 0.198 e. The summed E-state index contributed by atoms with van der Waals surface area (Å²) in [5.41, 5.74) is 0. The van der Waals surface area contributed by atoms with Gasteiger partial charge in [-0.3, -0.25) is 0 Å². The second-order valence-corrected chi connectivity index (χ2v) is 3.64. The molecule has 0 aliphatic rings. The zero-order valence-corrected chi connectivity index (χ0v) is 8.78. The van der Waals surface area contributed by atoms with Crippen LogP contribution in [-0.2, 0) is 0 Å². The van der Waals surface area contributed by atoms with Crippen molar-refractivity contribution in [2.24, 2.45) is 0 Å². The second kappa shape index (κ2) is 4.01. The van der Waals surface area contributed by atoms with Crippen molar-refractivity contribution in [2.75, 3.05) is 0 Å². The van der Waals surface area contributed by atoms with Crippen LogP contribution >= 0.6 is 11.6 Å². The van der Waals surface area contributed by atoms with E-state index in [1.807, 2.05) is 0 Å². The molecule has 0 bridgehead atoms. The van der Waals surface area contributed by atoms with Gasteiger partial charge in [-0.25, -0.2) is 30.7 Å². The molecule has 0 saturated heterocycles. The molecule has 96 valence electrons. The molecular weight excluding hydrogens is 289 g/mol. The van der Waals surface area contributed by atoms with E-state index in [4.69, 9.17) is 11.6 Å². The predicted molar refractivity (Wildman–Crippen MR) is 48.7 cm³/mol. The Morgan fingerprint density at radius 3 is 1.22 bits per heavy atom. The fourth-order valence-electron chi connectivity index (χ4n) is 1.46. The van der Waals surface area contributed by atoms with Gasteiger partial charge in [-0.05, 0) is 0 Å². The molecule has 2 rings (SSSR count). The molecule has 0 N–H and O–H groups in total. The normalized spacial score (nSPS) is 11.3. The van der Waals surface area contributed by atoms with Crippen LogP contribution in [0.4, 0.5) is 30.7 Å². The van der Waals surface area contributed by atoms with Crippen molar-refractivity contribution in [1.29, 1.82) is 0 Å². The molecular formula is C10ClF7. The minimum atomic E-state index is -2.37. The largest absolute Gasteiger partial charge is 0.204 e. The summed E-state index contributed by atoms with van der Waals surface area (Å²) in [5, 5.41) is -4.74. The quantitative estimate of drug-likeness (QED) is 0.381. The van der Waals surface area contributed by atoms with Gasteiger partial charge in [0.05, 0.1) is 10.8 Å². The number of benzene rings is 2. The van der Waals surface area contributed by atoms with E-state index in [0.29, 0.717) is 0 Å². The first kappa shape index (κ1) is 12.9. The summed E-state index contributed by atoms with van der Waals surface area (Å²) in [7, 11) is 0. The van der Waals surface area contributed by atoms with Crippen LogP contribution in [0.1, 0.15) is 0 Å². The van der Waals surface area contributed by atoms with Crippen LogP contribution in [0.15, 0.2) is 0 Å². The number of hydrogen-bond donors (Lipinski definition) is 0. The minimum Gasteiger partial charge on any atom is -0.204 e. The topological polar surface area (TPSA) is 0 Å². The summed E-state index contributed by atoms with van der Waals surface area (Å²) < 4.78 is 91.7. The Bertz CT molecular complexity index is 567. The Morgan fingerprint density at radius 1 is 0.444 bits per heavy atom.